The molecule has 0 saturated carbocycles. The zero-order valence-corrected chi connectivity index (χ0v) is 5.41. The third-order valence-corrected chi connectivity index (χ3v) is 0.719. The number of hydrogen-bond acceptors (Lipinski definition) is 3. The summed E-state index contributed by atoms with van der Waals surface area (Å²) in [5.41, 5.74) is 0. The molecule has 3 nitrogen and oxygen atoms in total. The van der Waals surface area contributed by atoms with Gasteiger partial charge in [0, 0.05) is 6.92 Å². The maximum Gasteiger partial charge on any atom is 0.269 e. The first-order chi connectivity index (χ1) is 3.92. The number of alkyl halides is 2. The zero-order valence-electron chi connectivity index (χ0n) is 4.60. The molecule has 1 atom stereocenters. The summed E-state index contributed by atoms with van der Waals surface area (Å²) in [5.74, 6) is -3.08. The maximum atomic E-state index is 11.7. The number of hydrogen-bond donors (Lipinski definition) is 0. The summed E-state index contributed by atoms with van der Waals surface area (Å²) in [6, 6.07) is 0. The van der Waals surface area contributed by atoms with E-state index in [0.717, 1.165) is 0 Å². The molecule has 9 heavy (non-hydrogen) atoms. The van der Waals surface area contributed by atoms with Crippen LogP contribution in [-0.4, -0.2) is 21.3 Å². The molecule has 0 radical (unpaired) electrons. The van der Waals surface area contributed by atoms with E-state index in [1.165, 1.54) is 0 Å². The predicted octanol–water partition coefficient (Wildman–Crippen LogP) is 0.452. The van der Waals surface area contributed by atoms with Gasteiger partial charge < -0.3 is 4.55 Å². The van der Waals surface area contributed by atoms with Gasteiger partial charge in [0.1, 0.15) is 6.61 Å². The molecule has 0 amide bonds. The van der Waals surface area contributed by atoms with Crippen molar-refractivity contribution < 1.29 is 21.7 Å². The summed E-state index contributed by atoms with van der Waals surface area (Å²) >= 11 is -2.84. The van der Waals surface area contributed by atoms with Crippen LogP contribution in [0.15, 0.2) is 0 Å². The topological polar surface area (TPSA) is 49.4 Å². The second-order valence-corrected chi connectivity index (χ2v) is 2.18. The highest BCUT2D eigenvalue weighted by molar-refractivity contribution is 7.74. The third kappa shape index (κ3) is 7.93. The van der Waals surface area contributed by atoms with Crippen LogP contribution in [0.25, 0.3) is 0 Å². The first-order valence-corrected chi connectivity index (χ1v) is 3.02. The fourth-order valence-corrected chi connectivity index (χ4v) is 0.455. The number of rotatable bonds is 3. The molecule has 0 saturated heterocycles. The van der Waals surface area contributed by atoms with Crippen LogP contribution in [-0.2, 0) is 15.5 Å². The van der Waals surface area contributed by atoms with Gasteiger partial charge in [0.2, 0.25) is 0 Å². The SMILES string of the molecule is CC(F)(F)COS(=O)[O-]. The minimum absolute atomic E-state index is 0.569. The smallest absolute Gasteiger partial charge is 0.269 e. The van der Waals surface area contributed by atoms with E-state index in [1.807, 2.05) is 0 Å². The molecular formula is C3H5F2O3S-. The van der Waals surface area contributed by atoms with Crippen LogP contribution in [0.5, 0.6) is 0 Å². The summed E-state index contributed by atoms with van der Waals surface area (Å²) in [6.07, 6.45) is 0. The Balaban J connectivity index is 3.39. The molecule has 0 fully saturated rings. The van der Waals surface area contributed by atoms with E-state index in [0.29, 0.717) is 6.92 Å². The molecule has 6 heteroatoms. The van der Waals surface area contributed by atoms with Crippen molar-refractivity contribution in [2.75, 3.05) is 6.61 Å². The van der Waals surface area contributed by atoms with Crippen molar-refractivity contribution in [3.8, 4) is 0 Å². The van der Waals surface area contributed by atoms with Crippen LogP contribution >= 0.6 is 0 Å². The Labute approximate surface area is 53.5 Å². The summed E-state index contributed by atoms with van der Waals surface area (Å²) in [7, 11) is 0. The van der Waals surface area contributed by atoms with Crippen molar-refractivity contribution in [1.82, 2.24) is 0 Å². The highest BCUT2D eigenvalue weighted by atomic mass is 32.2. The molecule has 0 rings (SSSR count). The van der Waals surface area contributed by atoms with Gasteiger partial charge in [-0.1, -0.05) is 0 Å². The molecular weight excluding hydrogens is 154 g/mol. The standard InChI is InChI=1S/C3H6F2O3S/c1-3(4,5)2-8-9(6)7/h2H2,1H3,(H,6,7)/p-1. The van der Waals surface area contributed by atoms with Gasteiger partial charge in [-0.2, -0.15) is 0 Å². The van der Waals surface area contributed by atoms with E-state index in [1.54, 1.807) is 0 Å². The Kier molecular flexibility index (Phi) is 3.16. The molecule has 0 aliphatic rings. The van der Waals surface area contributed by atoms with Gasteiger partial charge in [-0.25, -0.2) is 13.0 Å². The normalized spacial score (nSPS) is 15.6. The Hall–Kier alpha value is -0.0700. The Bertz CT molecular complexity index is 110. The van der Waals surface area contributed by atoms with E-state index in [2.05, 4.69) is 4.18 Å². The van der Waals surface area contributed by atoms with Crippen LogP contribution in [0.1, 0.15) is 6.92 Å². The molecule has 0 bridgehead atoms. The molecule has 0 spiro atoms. The van der Waals surface area contributed by atoms with Crippen LogP contribution in [0.2, 0.25) is 0 Å². The lowest BCUT2D eigenvalue weighted by molar-refractivity contribution is -0.0218. The molecule has 0 aromatic rings. The second-order valence-electron chi connectivity index (χ2n) is 1.54. The highest BCUT2D eigenvalue weighted by Crippen LogP contribution is 2.11. The predicted molar refractivity (Wildman–Crippen MR) is 25.5 cm³/mol. The minimum Gasteiger partial charge on any atom is -0.750 e. The molecule has 56 valence electrons. The van der Waals surface area contributed by atoms with Gasteiger partial charge in [0.25, 0.3) is 5.92 Å². The van der Waals surface area contributed by atoms with Crippen molar-refractivity contribution in [3.63, 3.8) is 0 Å². The van der Waals surface area contributed by atoms with E-state index >= 15 is 0 Å². The lowest BCUT2D eigenvalue weighted by Gasteiger charge is -2.10. The Morgan fingerprint density at radius 3 is 2.33 bits per heavy atom. The van der Waals surface area contributed by atoms with Gasteiger partial charge in [-0.05, 0) is 0 Å². The van der Waals surface area contributed by atoms with Gasteiger partial charge in [0.05, 0.1) is 11.4 Å². The highest BCUT2D eigenvalue weighted by Gasteiger charge is 2.21. The largest absolute Gasteiger partial charge is 0.750 e. The van der Waals surface area contributed by atoms with Crippen molar-refractivity contribution in [3.05, 3.63) is 0 Å². The Morgan fingerprint density at radius 1 is 1.78 bits per heavy atom. The average molecular weight is 159 g/mol. The van der Waals surface area contributed by atoms with Crippen LogP contribution in [0.3, 0.4) is 0 Å². The third-order valence-electron chi connectivity index (χ3n) is 0.409. The Morgan fingerprint density at radius 2 is 2.22 bits per heavy atom. The summed E-state index contributed by atoms with van der Waals surface area (Å²) in [6.45, 7) is -0.525. The number of halogens is 2. The lowest BCUT2D eigenvalue weighted by Crippen LogP contribution is -2.19. The second kappa shape index (κ2) is 3.19. The first kappa shape index (κ1) is 8.93. The van der Waals surface area contributed by atoms with E-state index < -0.39 is 23.9 Å². The van der Waals surface area contributed by atoms with Crippen LogP contribution < -0.4 is 0 Å². The molecule has 0 aliphatic carbocycles. The summed E-state index contributed by atoms with van der Waals surface area (Å²) in [4.78, 5) is 0. The molecule has 0 aromatic carbocycles. The fraction of sp³-hybridized carbons (Fsp3) is 1.00. The van der Waals surface area contributed by atoms with Crippen molar-refractivity contribution >= 4 is 11.4 Å². The fourth-order valence-electron chi connectivity index (χ4n) is 0.152. The average Bonchev–Trinajstić information content (AvgIpc) is 1.59. The molecule has 0 aromatic heterocycles. The van der Waals surface area contributed by atoms with Crippen molar-refractivity contribution in [2.24, 2.45) is 0 Å². The van der Waals surface area contributed by atoms with Crippen LogP contribution in [0, 0.1) is 0 Å². The first-order valence-electron chi connectivity index (χ1n) is 2.02. The summed E-state index contributed by atoms with van der Waals surface area (Å²) < 4.78 is 45.9. The molecule has 0 heterocycles. The van der Waals surface area contributed by atoms with Gasteiger partial charge in [-0.3, -0.25) is 4.18 Å². The molecule has 0 aliphatic heterocycles. The summed E-state index contributed by atoms with van der Waals surface area (Å²) in [5, 5.41) is 0. The van der Waals surface area contributed by atoms with Crippen molar-refractivity contribution in [1.29, 1.82) is 0 Å². The van der Waals surface area contributed by atoms with Crippen LogP contribution in [0.4, 0.5) is 8.78 Å². The monoisotopic (exact) mass is 159 g/mol. The van der Waals surface area contributed by atoms with E-state index in [-0.39, 0.29) is 0 Å². The molecule has 0 N–H and O–H groups in total. The van der Waals surface area contributed by atoms with Gasteiger partial charge in [-0.15, -0.1) is 0 Å². The molecule has 1 unspecified atom stereocenters. The van der Waals surface area contributed by atoms with E-state index in [9.17, 15) is 17.5 Å². The quantitative estimate of drug-likeness (QED) is 0.562. The zero-order chi connectivity index (χ0) is 7.49. The maximum absolute atomic E-state index is 11.7. The van der Waals surface area contributed by atoms with Crippen molar-refractivity contribution in [2.45, 2.75) is 12.8 Å². The van der Waals surface area contributed by atoms with E-state index in [4.69, 9.17) is 0 Å². The van der Waals surface area contributed by atoms with Gasteiger partial charge in [0.15, 0.2) is 0 Å². The van der Waals surface area contributed by atoms with Gasteiger partial charge >= 0.3 is 0 Å². The minimum atomic E-state index is -3.08. The lowest BCUT2D eigenvalue weighted by atomic mass is 10.4.